The molecule has 3 aromatic rings. The van der Waals surface area contributed by atoms with Gasteiger partial charge in [0.15, 0.2) is 5.43 Å². The maximum absolute atomic E-state index is 13.0. The SMILES string of the molecule is CCOC.CSc1c(C)ccc2c(=O)c3ccc(C(C)(C)C#N)nc3n(CC=O)c12. The topological polar surface area (TPSA) is 85.0 Å². The van der Waals surface area contributed by atoms with Crippen molar-refractivity contribution in [1.82, 2.24) is 9.55 Å². The zero-order valence-electron chi connectivity index (χ0n) is 18.3. The number of hydrogen-bond donors (Lipinski definition) is 0. The monoisotopic (exact) mass is 425 g/mol. The van der Waals surface area contributed by atoms with Gasteiger partial charge in [-0.05, 0) is 57.7 Å². The zero-order valence-corrected chi connectivity index (χ0v) is 19.1. The van der Waals surface area contributed by atoms with E-state index in [1.54, 1.807) is 55.5 Å². The highest BCUT2D eigenvalue weighted by molar-refractivity contribution is 7.98. The van der Waals surface area contributed by atoms with E-state index in [4.69, 9.17) is 0 Å². The summed E-state index contributed by atoms with van der Waals surface area (Å²) < 4.78 is 6.33. The third-order valence-electron chi connectivity index (χ3n) is 4.89. The fourth-order valence-electron chi connectivity index (χ4n) is 3.12. The summed E-state index contributed by atoms with van der Waals surface area (Å²) in [4.78, 5) is 30.0. The lowest BCUT2D eigenvalue weighted by molar-refractivity contribution is -0.108. The van der Waals surface area contributed by atoms with Crippen LogP contribution in [0.4, 0.5) is 0 Å². The first-order valence-corrected chi connectivity index (χ1v) is 10.8. The van der Waals surface area contributed by atoms with Crippen LogP contribution in [-0.2, 0) is 21.5 Å². The number of carbonyl (C=O) groups excluding carboxylic acids is 1. The van der Waals surface area contributed by atoms with Crippen LogP contribution in [0.2, 0.25) is 0 Å². The predicted octanol–water partition coefficient (Wildman–Crippen LogP) is 4.23. The number of ether oxygens (including phenoxy) is 1. The average Bonchev–Trinajstić information content (AvgIpc) is 2.76. The lowest BCUT2D eigenvalue weighted by Gasteiger charge is -2.19. The van der Waals surface area contributed by atoms with Gasteiger partial charge in [-0.2, -0.15) is 5.26 Å². The Morgan fingerprint density at radius 1 is 1.27 bits per heavy atom. The van der Waals surface area contributed by atoms with Crippen molar-refractivity contribution in [2.45, 2.75) is 44.6 Å². The number of hydrogen-bond acceptors (Lipinski definition) is 6. The van der Waals surface area contributed by atoms with Crippen molar-refractivity contribution in [1.29, 1.82) is 5.26 Å². The lowest BCUT2D eigenvalue weighted by atomic mass is 9.90. The Labute approximate surface area is 180 Å². The fourth-order valence-corrected chi connectivity index (χ4v) is 3.92. The average molecular weight is 426 g/mol. The van der Waals surface area contributed by atoms with E-state index in [0.29, 0.717) is 22.1 Å². The van der Waals surface area contributed by atoms with Crippen molar-refractivity contribution >= 4 is 40.0 Å². The molecule has 3 rings (SSSR count). The zero-order chi connectivity index (χ0) is 22.5. The van der Waals surface area contributed by atoms with Gasteiger partial charge in [0.2, 0.25) is 0 Å². The molecule has 2 heterocycles. The molecule has 158 valence electrons. The highest BCUT2D eigenvalue weighted by atomic mass is 32.2. The van der Waals surface area contributed by atoms with Crippen LogP contribution in [0, 0.1) is 18.3 Å². The van der Waals surface area contributed by atoms with E-state index in [1.807, 2.05) is 26.2 Å². The van der Waals surface area contributed by atoms with Crippen molar-refractivity contribution < 1.29 is 9.53 Å². The summed E-state index contributed by atoms with van der Waals surface area (Å²) >= 11 is 1.54. The second-order valence-corrected chi connectivity index (χ2v) is 8.12. The molecule has 30 heavy (non-hydrogen) atoms. The normalized spacial score (nSPS) is 11.1. The van der Waals surface area contributed by atoms with Gasteiger partial charge in [-0.25, -0.2) is 4.98 Å². The van der Waals surface area contributed by atoms with E-state index >= 15 is 0 Å². The molecule has 0 radical (unpaired) electrons. The lowest BCUT2D eigenvalue weighted by Crippen LogP contribution is -2.20. The number of rotatable bonds is 5. The molecule has 6 nitrogen and oxygen atoms in total. The van der Waals surface area contributed by atoms with Gasteiger partial charge < -0.3 is 14.1 Å². The second-order valence-electron chi connectivity index (χ2n) is 7.30. The van der Waals surface area contributed by atoms with Crippen LogP contribution in [0.15, 0.2) is 34.0 Å². The molecule has 0 saturated heterocycles. The molecule has 0 bridgehead atoms. The highest BCUT2D eigenvalue weighted by Gasteiger charge is 2.24. The van der Waals surface area contributed by atoms with Crippen LogP contribution >= 0.6 is 11.8 Å². The molecule has 0 aliphatic carbocycles. The van der Waals surface area contributed by atoms with Crippen LogP contribution < -0.4 is 5.43 Å². The number of nitriles is 1. The molecule has 0 amide bonds. The molecule has 7 heteroatoms. The third-order valence-corrected chi connectivity index (χ3v) is 5.81. The minimum atomic E-state index is -0.792. The summed E-state index contributed by atoms with van der Waals surface area (Å²) in [5.41, 5.74) is 1.88. The van der Waals surface area contributed by atoms with Gasteiger partial charge in [0.05, 0.1) is 34.6 Å². The summed E-state index contributed by atoms with van der Waals surface area (Å²) in [6.45, 7) is 8.41. The molecule has 2 aromatic heterocycles. The number of nitrogens with zero attached hydrogens (tertiary/aromatic N) is 3. The smallest absolute Gasteiger partial charge is 0.198 e. The van der Waals surface area contributed by atoms with E-state index in [0.717, 1.165) is 28.9 Å². The number of fused-ring (bicyclic) bond motifs is 2. The van der Waals surface area contributed by atoms with E-state index in [-0.39, 0.29) is 12.0 Å². The van der Waals surface area contributed by atoms with Gasteiger partial charge in [0.1, 0.15) is 11.9 Å². The molecule has 0 aliphatic rings. The largest absolute Gasteiger partial charge is 0.385 e. The van der Waals surface area contributed by atoms with Crippen LogP contribution in [0.25, 0.3) is 21.9 Å². The number of methoxy groups -OCH3 is 1. The summed E-state index contributed by atoms with van der Waals surface area (Å²) in [6.07, 6.45) is 2.75. The maximum Gasteiger partial charge on any atom is 0.198 e. The van der Waals surface area contributed by atoms with Crippen molar-refractivity contribution in [3.8, 4) is 6.07 Å². The fraction of sp³-hybridized carbons (Fsp3) is 0.391. The van der Waals surface area contributed by atoms with E-state index in [2.05, 4.69) is 15.8 Å². The molecular weight excluding hydrogens is 398 g/mol. The molecule has 0 spiro atoms. The first-order chi connectivity index (χ1) is 14.3. The van der Waals surface area contributed by atoms with Gasteiger partial charge in [-0.1, -0.05) is 6.07 Å². The minimum absolute atomic E-state index is 0.0910. The van der Waals surface area contributed by atoms with Gasteiger partial charge in [0.25, 0.3) is 0 Å². The second kappa shape index (κ2) is 9.88. The Hall–Kier alpha value is -2.69. The Balaban J connectivity index is 0.000000735. The Morgan fingerprint density at radius 2 is 1.90 bits per heavy atom. The molecule has 0 N–H and O–H groups in total. The number of aldehydes is 1. The number of aryl methyl sites for hydroxylation is 1. The van der Waals surface area contributed by atoms with E-state index in [1.165, 1.54) is 0 Å². The summed E-state index contributed by atoms with van der Waals surface area (Å²) in [7, 11) is 1.68. The van der Waals surface area contributed by atoms with Gasteiger partial charge in [0, 0.05) is 24.0 Å². The van der Waals surface area contributed by atoms with Crippen molar-refractivity contribution in [2.75, 3.05) is 20.0 Å². The number of thioether (sulfide) groups is 1. The van der Waals surface area contributed by atoms with Crippen molar-refractivity contribution in [3.63, 3.8) is 0 Å². The molecule has 0 fully saturated rings. The molecule has 0 saturated carbocycles. The summed E-state index contributed by atoms with van der Waals surface area (Å²) in [6, 6.07) is 9.39. The Bertz CT molecular complexity index is 1170. The standard InChI is InChI=1S/C20H19N3O2S.C3H8O/c1-12-5-6-13-16(18(12)26-4)23(9-10-24)19-14(17(13)25)7-8-15(22-19)20(2,3)11-21;1-3-4-2/h5-8,10H,9H2,1-4H3;3H2,1-2H3. The molecule has 0 unspecified atom stereocenters. The van der Waals surface area contributed by atoms with Gasteiger partial charge >= 0.3 is 0 Å². The Kier molecular flexibility index (Phi) is 7.77. The van der Waals surface area contributed by atoms with Crippen LogP contribution in [0.5, 0.6) is 0 Å². The summed E-state index contributed by atoms with van der Waals surface area (Å²) in [5, 5.41) is 10.4. The van der Waals surface area contributed by atoms with Crippen LogP contribution in [0.1, 0.15) is 32.0 Å². The first kappa shape index (κ1) is 23.6. The molecular formula is C23H27N3O3S. The maximum atomic E-state index is 13.0. The number of carbonyl (C=O) groups is 1. The highest BCUT2D eigenvalue weighted by Crippen LogP contribution is 2.31. The number of aromatic nitrogens is 2. The quantitative estimate of drug-likeness (QED) is 0.345. The van der Waals surface area contributed by atoms with Crippen LogP contribution in [0.3, 0.4) is 0 Å². The van der Waals surface area contributed by atoms with Gasteiger partial charge in [-0.15, -0.1) is 11.8 Å². The molecule has 1 aromatic carbocycles. The minimum Gasteiger partial charge on any atom is -0.385 e. The van der Waals surface area contributed by atoms with Crippen molar-refractivity contribution in [3.05, 3.63) is 45.7 Å². The summed E-state index contributed by atoms with van der Waals surface area (Å²) in [5.74, 6) is 0. The predicted molar refractivity (Wildman–Crippen MR) is 122 cm³/mol. The third kappa shape index (κ3) is 4.40. The Morgan fingerprint density at radius 3 is 2.43 bits per heavy atom. The van der Waals surface area contributed by atoms with Crippen molar-refractivity contribution in [2.24, 2.45) is 0 Å². The van der Waals surface area contributed by atoms with E-state index < -0.39 is 5.41 Å². The number of pyridine rings is 2. The van der Waals surface area contributed by atoms with Crippen LogP contribution in [-0.4, -0.2) is 35.8 Å². The molecule has 0 aliphatic heterocycles. The number of benzene rings is 1. The van der Waals surface area contributed by atoms with E-state index in [9.17, 15) is 14.9 Å². The van der Waals surface area contributed by atoms with Gasteiger partial charge in [-0.3, -0.25) is 4.79 Å². The molecule has 0 atom stereocenters. The first-order valence-electron chi connectivity index (χ1n) is 9.62.